The average Bonchev–Trinajstić information content (AvgIpc) is 3.81. The van der Waals surface area contributed by atoms with Crippen LogP contribution in [-0.4, -0.2) is 0 Å². The van der Waals surface area contributed by atoms with Gasteiger partial charge in [0.05, 0.1) is 0 Å². The van der Waals surface area contributed by atoms with Gasteiger partial charge in [-0.3, -0.25) is 0 Å². The van der Waals surface area contributed by atoms with Crippen molar-refractivity contribution in [1.29, 1.82) is 0 Å². The first-order valence-electron chi connectivity index (χ1n) is 21.8. The van der Waals surface area contributed by atoms with Crippen molar-refractivity contribution >= 4 is 99.5 Å². The molecule has 0 atom stereocenters. The van der Waals surface area contributed by atoms with Gasteiger partial charge >= 0.3 is 0 Å². The molecule has 0 aliphatic heterocycles. The van der Waals surface area contributed by atoms with Crippen LogP contribution in [-0.2, 0) is 0 Å². The molecule has 0 fully saturated rings. The standard InChI is InChI=1S/C58H48N2O2/c1-35(2)39-19-17-37(5)53(29-39)59(45-13-9-7-10-14-45)47-23-21-41-27-49-51-33-58-52(34-57(51)61-55(49)31-43(41)25-47)50-28-42-22-24-48(26-44(42)32-56(50)62-58)60(46-15-11-8-12-16-46)54-30-40(36(3)4)20-18-38(54)6/h7-36H,1-6H3. The van der Waals surface area contributed by atoms with Crippen LogP contribution in [0.5, 0.6) is 0 Å². The maximum atomic E-state index is 6.70. The summed E-state index contributed by atoms with van der Waals surface area (Å²) in [5.41, 5.74) is 15.4. The number of benzene rings is 9. The van der Waals surface area contributed by atoms with Crippen molar-refractivity contribution in [3.8, 4) is 0 Å². The van der Waals surface area contributed by atoms with Crippen molar-refractivity contribution in [3.63, 3.8) is 0 Å². The predicted octanol–water partition coefficient (Wildman–Crippen LogP) is 17.6. The third-order valence-electron chi connectivity index (χ3n) is 12.8. The molecule has 0 unspecified atom stereocenters. The fourth-order valence-corrected chi connectivity index (χ4v) is 9.24. The van der Waals surface area contributed by atoms with Gasteiger partial charge in [0.1, 0.15) is 22.3 Å². The van der Waals surface area contributed by atoms with Crippen molar-refractivity contribution in [2.24, 2.45) is 0 Å². The van der Waals surface area contributed by atoms with Crippen LogP contribution >= 0.6 is 0 Å². The van der Waals surface area contributed by atoms with E-state index in [1.807, 2.05) is 0 Å². The Morgan fingerprint density at radius 3 is 1.13 bits per heavy atom. The summed E-state index contributed by atoms with van der Waals surface area (Å²) in [5, 5.41) is 8.83. The monoisotopic (exact) mass is 804 g/mol. The number of nitrogens with zero attached hydrogens (tertiary/aromatic N) is 2. The Morgan fingerprint density at radius 1 is 0.339 bits per heavy atom. The van der Waals surface area contributed by atoms with Gasteiger partial charge < -0.3 is 18.6 Å². The zero-order chi connectivity index (χ0) is 42.2. The van der Waals surface area contributed by atoms with E-state index in [1.165, 1.54) is 33.6 Å². The Balaban J connectivity index is 1.00. The molecular weight excluding hydrogens is 757 g/mol. The van der Waals surface area contributed by atoms with Gasteiger partial charge in [0.25, 0.3) is 0 Å². The van der Waals surface area contributed by atoms with E-state index < -0.39 is 0 Å². The first-order valence-corrected chi connectivity index (χ1v) is 21.8. The molecule has 2 heterocycles. The number of hydrogen-bond donors (Lipinski definition) is 0. The van der Waals surface area contributed by atoms with Crippen molar-refractivity contribution < 1.29 is 8.83 Å². The predicted molar refractivity (Wildman–Crippen MR) is 263 cm³/mol. The highest BCUT2D eigenvalue weighted by molar-refractivity contribution is 6.18. The van der Waals surface area contributed by atoms with Gasteiger partial charge in [0, 0.05) is 55.7 Å². The average molecular weight is 805 g/mol. The van der Waals surface area contributed by atoms with Crippen LogP contribution in [0.15, 0.2) is 179 Å². The number of para-hydroxylation sites is 2. The van der Waals surface area contributed by atoms with Crippen molar-refractivity contribution in [2.75, 3.05) is 9.80 Å². The van der Waals surface area contributed by atoms with Gasteiger partial charge in [0.2, 0.25) is 0 Å². The normalized spacial score (nSPS) is 12.0. The molecule has 0 amide bonds. The van der Waals surface area contributed by atoms with E-state index in [1.54, 1.807) is 0 Å². The van der Waals surface area contributed by atoms with Crippen molar-refractivity contribution in [3.05, 3.63) is 192 Å². The van der Waals surface area contributed by atoms with E-state index in [0.29, 0.717) is 11.8 Å². The molecule has 0 spiro atoms. The lowest BCUT2D eigenvalue weighted by atomic mass is 9.99. The Labute approximate surface area is 362 Å². The number of aryl methyl sites for hydroxylation is 2. The molecule has 0 N–H and O–H groups in total. The minimum Gasteiger partial charge on any atom is -0.456 e. The quantitative estimate of drug-likeness (QED) is 0.153. The van der Waals surface area contributed by atoms with Crippen LogP contribution in [0.3, 0.4) is 0 Å². The molecule has 302 valence electrons. The second-order valence-electron chi connectivity index (χ2n) is 17.6. The summed E-state index contributed by atoms with van der Waals surface area (Å²) in [6, 6.07) is 61.7. The molecule has 62 heavy (non-hydrogen) atoms. The number of anilines is 6. The maximum Gasteiger partial charge on any atom is 0.136 e. The minimum atomic E-state index is 0.428. The first kappa shape index (κ1) is 37.7. The smallest absolute Gasteiger partial charge is 0.136 e. The van der Waals surface area contributed by atoms with Gasteiger partial charge in [-0.15, -0.1) is 0 Å². The SMILES string of the molecule is Cc1ccc(C(C)C)cc1N(c1ccccc1)c1ccc2cc3c(cc2c1)oc1cc2c(cc13)oc1cc3cc(N(c4ccccc4)c4cc(C(C)C)ccc4C)ccc3cc12. The molecule has 11 rings (SSSR count). The van der Waals surface area contributed by atoms with E-state index >= 15 is 0 Å². The van der Waals surface area contributed by atoms with E-state index in [4.69, 9.17) is 8.83 Å². The number of hydrogen-bond acceptors (Lipinski definition) is 4. The molecular formula is C58H48N2O2. The molecule has 4 nitrogen and oxygen atoms in total. The number of furan rings is 2. The highest BCUT2D eigenvalue weighted by Gasteiger charge is 2.20. The first-order chi connectivity index (χ1) is 30.2. The summed E-state index contributed by atoms with van der Waals surface area (Å²) in [7, 11) is 0. The summed E-state index contributed by atoms with van der Waals surface area (Å²) >= 11 is 0. The lowest BCUT2D eigenvalue weighted by molar-refractivity contribution is 0.664. The molecule has 0 aliphatic carbocycles. The molecule has 4 heteroatoms. The molecule has 0 saturated heterocycles. The lowest BCUT2D eigenvalue weighted by Gasteiger charge is -2.28. The highest BCUT2D eigenvalue weighted by Crippen LogP contribution is 2.44. The van der Waals surface area contributed by atoms with Crippen LogP contribution in [0, 0.1) is 13.8 Å². The summed E-state index contributed by atoms with van der Waals surface area (Å²) in [4.78, 5) is 4.75. The maximum absolute atomic E-state index is 6.70. The second kappa shape index (κ2) is 14.7. The highest BCUT2D eigenvalue weighted by atomic mass is 16.3. The molecule has 0 bridgehead atoms. The van der Waals surface area contributed by atoms with Gasteiger partial charge in [-0.2, -0.15) is 0 Å². The van der Waals surface area contributed by atoms with Gasteiger partial charge in [-0.25, -0.2) is 0 Å². The molecule has 11 aromatic rings. The summed E-state index contributed by atoms with van der Waals surface area (Å²) in [6.07, 6.45) is 0. The van der Waals surface area contributed by atoms with Crippen LogP contribution < -0.4 is 9.80 Å². The number of fused-ring (bicyclic) bond motifs is 8. The van der Waals surface area contributed by atoms with E-state index in [0.717, 1.165) is 88.2 Å². The van der Waals surface area contributed by atoms with Crippen LogP contribution in [0.1, 0.15) is 61.8 Å². The Kier molecular flexibility index (Phi) is 8.94. The largest absolute Gasteiger partial charge is 0.456 e. The fourth-order valence-electron chi connectivity index (χ4n) is 9.24. The Morgan fingerprint density at radius 2 is 0.726 bits per heavy atom. The van der Waals surface area contributed by atoms with Crippen LogP contribution in [0.25, 0.3) is 65.4 Å². The zero-order valence-corrected chi connectivity index (χ0v) is 36.0. The molecule has 0 saturated carbocycles. The van der Waals surface area contributed by atoms with Crippen LogP contribution in [0.4, 0.5) is 34.1 Å². The minimum absolute atomic E-state index is 0.428. The third kappa shape index (κ3) is 6.37. The van der Waals surface area contributed by atoms with Gasteiger partial charge in [-0.1, -0.05) is 100 Å². The van der Waals surface area contributed by atoms with E-state index in [2.05, 4.69) is 221 Å². The van der Waals surface area contributed by atoms with E-state index in [-0.39, 0.29) is 0 Å². The second-order valence-corrected chi connectivity index (χ2v) is 17.6. The molecule has 9 aromatic carbocycles. The summed E-state index contributed by atoms with van der Waals surface area (Å²) < 4.78 is 13.4. The summed E-state index contributed by atoms with van der Waals surface area (Å²) in [6.45, 7) is 13.4. The Hall–Kier alpha value is -7.30. The third-order valence-corrected chi connectivity index (χ3v) is 12.8. The fraction of sp³-hybridized carbons (Fsp3) is 0.138. The van der Waals surface area contributed by atoms with Crippen molar-refractivity contribution in [2.45, 2.75) is 53.4 Å². The van der Waals surface area contributed by atoms with Gasteiger partial charge in [0.15, 0.2) is 0 Å². The number of rotatable bonds is 8. The van der Waals surface area contributed by atoms with E-state index in [9.17, 15) is 0 Å². The zero-order valence-electron chi connectivity index (χ0n) is 36.0. The lowest BCUT2D eigenvalue weighted by Crippen LogP contribution is -2.12. The van der Waals surface area contributed by atoms with Crippen molar-refractivity contribution in [1.82, 2.24) is 0 Å². The summed E-state index contributed by atoms with van der Waals surface area (Å²) in [5.74, 6) is 0.856. The molecule has 0 radical (unpaired) electrons. The molecule has 2 aromatic heterocycles. The molecule has 0 aliphatic rings. The van der Waals surface area contributed by atoms with Crippen LogP contribution in [0.2, 0.25) is 0 Å². The topological polar surface area (TPSA) is 32.8 Å². The Bertz CT molecular complexity index is 3270. The van der Waals surface area contributed by atoms with Gasteiger partial charge in [-0.05, 0) is 167 Å².